The minimum atomic E-state index is -0.593. The van der Waals surface area contributed by atoms with Gasteiger partial charge in [0.15, 0.2) is 0 Å². The Morgan fingerprint density at radius 2 is 1.62 bits per heavy atom. The van der Waals surface area contributed by atoms with Crippen LogP contribution < -0.4 is 0 Å². The molecule has 4 fully saturated rings. The summed E-state index contributed by atoms with van der Waals surface area (Å²) < 4.78 is 16.1. The van der Waals surface area contributed by atoms with Gasteiger partial charge in [-0.1, -0.05) is 0 Å². The molecule has 4 heterocycles. The fraction of sp³-hybridized carbons (Fsp3) is 0.857. The monoisotopic (exact) mass is 181 g/mol. The van der Waals surface area contributed by atoms with Crippen molar-refractivity contribution in [2.24, 2.45) is 10.2 Å². The van der Waals surface area contributed by atoms with E-state index in [0.29, 0.717) is 5.71 Å². The van der Waals surface area contributed by atoms with E-state index in [1.807, 2.05) is 0 Å². The van der Waals surface area contributed by atoms with E-state index < -0.39 is 6.48 Å². The lowest BCUT2D eigenvalue weighted by molar-refractivity contribution is -0.394. The molecule has 4 aliphatic heterocycles. The molecular weight excluding hydrogens is 174 g/mol. The normalized spacial score (nSPS) is 60.8. The van der Waals surface area contributed by atoms with Crippen LogP contribution in [0.25, 0.3) is 0 Å². The summed E-state index contributed by atoms with van der Waals surface area (Å²) in [7, 11) is 0. The van der Waals surface area contributed by atoms with Crippen LogP contribution in [0.3, 0.4) is 0 Å². The van der Waals surface area contributed by atoms with Crippen LogP contribution in [0.5, 0.6) is 0 Å². The van der Waals surface area contributed by atoms with E-state index >= 15 is 0 Å². The van der Waals surface area contributed by atoms with E-state index in [4.69, 9.17) is 19.6 Å². The molecule has 0 aromatic heterocycles. The molecule has 5 rings (SSSR count). The van der Waals surface area contributed by atoms with Gasteiger partial charge in [0.25, 0.3) is 6.48 Å². The third-order valence-corrected chi connectivity index (χ3v) is 3.02. The van der Waals surface area contributed by atoms with Crippen molar-refractivity contribution in [2.45, 2.75) is 36.9 Å². The second kappa shape index (κ2) is 1.82. The van der Waals surface area contributed by atoms with Gasteiger partial charge in [0.05, 0.1) is 5.71 Å². The van der Waals surface area contributed by atoms with Gasteiger partial charge in [0.1, 0.15) is 30.4 Å². The lowest BCUT2D eigenvalue weighted by Crippen LogP contribution is -2.70. The van der Waals surface area contributed by atoms with Crippen LogP contribution in [0.1, 0.15) is 0 Å². The first-order valence-electron chi connectivity index (χ1n) is 4.29. The first kappa shape index (κ1) is 6.58. The average molecular weight is 181 g/mol. The molecule has 0 amide bonds. The van der Waals surface area contributed by atoms with E-state index in [0.717, 1.165) is 0 Å². The molecule has 0 aromatic carbocycles. The average Bonchev–Trinajstić information content (AvgIpc) is 2.53. The number of hydrogen-bond donors (Lipinski definition) is 1. The molecule has 1 saturated carbocycles. The summed E-state index contributed by atoms with van der Waals surface area (Å²) in [6.07, 6.45) is -0.536. The molecule has 0 unspecified atom stereocenters. The van der Waals surface area contributed by atoms with Gasteiger partial charge in [-0.25, -0.2) is 0 Å². The summed E-state index contributed by atoms with van der Waals surface area (Å²) in [4.78, 5) is 0. The maximum Gasteiger partial charge on any atom is 0.273 e. The minimum absolute atomic E-state index is 0.0170. The fourth-order valence-electron chi connectivity index (χ4n) is 2.42. The Morgan fingerprint density at radius 3 is 2.23 bits per heavy atom. The Balaban J connectivity index is 1.91. The number of ether oxygens (including phenoxy) is 3. The van der Waals surface area contributed by atoms with E-state index in [2.05, 4.69) is 10.2 Å². The topological polar surface area (TPSA) is 76.3 Å². The van der Waals surface area contributed by atoms with Crippen LogP contribution in [-0.4, -0.2) is 42.6 Å². The predicted molar refractivity (Wildman–Crippen MR) is 38.6 cm³/mol. The van der Waals surface area contributed by atoms with E-state index in [1.54, 1.807) is 0 Å². The minimum Gasteiger partial charge on any atom is -0.322 e. The SMILES string of the molecule is N=C1[C@H]2OC3OC4[C@@H]2N=N[C@@H]4[C@@H]1O3. The quantitative estimate of drug-likeness (QED) is 0.556. The highest BCUT2D eigenvalue weighted by atomic mass is 16.9. The van der Waals surface area contributed by atoms with Crippen LogP contribution in [0.2, 0.25) is 0 Å². The summed E-state index contributed by atoms with van der Waals surface area (Å²) in [5.74, 6) is 0. The Labute approximate surface area is 73.4 Å². The predicted octanol–water partition coefficient (Wildman–Crippen LogP) is -0.311. The van der Waals surface area contributed by atoms with Crippen molar-refractivity contribution in [1.82, 2.24) is 0 Å². The summed E-state index contributed by atoms with van der Waals surface area (Å²) in [6.45, 7) is -0.593. The van der Waals surface area contributed by atoms with Gasteiger partial charge in [0.2, 0.25) is 0 Å². The third-order valence-electron chi connectivity index (χ3n) is 3.02. The molecule has 1 aliphatic carbocycles. The molecule has 4 atom stereocenters. The molecule has 6 nitrogen and oxygen atoms in total. The molecule has 0 radical (unpaired) electrons. The van der Waals surface area contributed by atoms with Gasteiger partial charge in [0, 0.05) is 0 Å². The molecule has 0 aromatic rings. The van der Waals surface area contributed by atoms with Gasteiger partial charge in [-0.2, -0.15) is 10.2 Å². The van der Waals surface area contributed by atoms with Crippen molar-refractivity contribution >= 4 is 5.71 Å². The lowest BCUT2D eigenvalue weighted by atomic mass is 9.82. The van der Waals surface area contributed by atoms with Crippen molar-refractivity contribution in [3.05, 3.63) is 0 Å². The zero-order valence-electron chi connectivity index (χ0n) is 6.58. The summed E-state index contributed by atoms with van der Waals surface area (Å²) in [5, 5.41) is 15.9. The molecule has 1 N–H and O–H groups in total. The summed E-state index contributed by atoms with van der Waals surface area (Å²) >= 11 is 0. The van der Waals surface area contributed by atoms with E-state index in [1.165, 1.54) is 0 Å². The summed E-state index contributed by atoms with van der Waals surface area (Å²) in [6, 6.07) is -0.206. The number of rotatable bonds is 0. The number of hydrogen-bond acceptors (Lipinski definition) is 6. The first-order valence-corrected chi connectivity index (χ1v) is 4.29. The second-order valence-electron chi connectivity index (χ2n) is 3.67. The zero-order chi connectivity index (χ0) is 8.58. The molecule has 6 bridgehead atoms. The Kier molecular flexibility index (Phi) is 0.919. The molecule has 13 heavy (non-hydrogen) atoms. The van der Waals surface area contributed by atoms with Gasteiger partial charge in [-0.15, -0.1) is 0 Å². The highest BCUT2D eigenvalue weighted by Crippen LogP contribution is 2.43. The molecule has 5 aliphatic rings. The van der Waals surface area contributed by atoms with Gasteiger partial charge < -0.3 is 19.6 Å². The Hall–Kier alpha value is -0.850. The second-order valence-corrected chi connectivity index (χ2v) is 3.67. The highest BCUT2D eigenvalue weighted by molar-refractivity contribution is 5.93. The lowest BCUT2D eigenvalue weighted by Gasteiger charge is -2.50. The Bertz CT molecular complexity index is 305. The van der Waals surface area contributed by atoms with Gasteiger partial charge >= 0.3 is 0 Å². The van der Waals surface area contributed by atoms with Crippen molar-refractivity contribution in [3.8, 4) is 0 Å². The van der Waals surface area contributed by atoms with Crippen molar-refractivity contribution in [3.63, 3.8) is 0 Å². The first-order chi connectivity index (χ1) is 6.34. The van der Waals surface area contributed by atoms with Gasteiger partial charge in [-0.3, -0.25) is 0 Å². The zero-order valence-corrected chi connectivity index (χ0v) is 6.58. The number of nitrogens with one attached hydrogen (secondary N) is 1. The van der Waals surface area contributed by atoms with Crippen LogP contribution in [0, 0.1) is 5.41 Å². The maximum absolute atomic E-state index is 7.79. The third kappa shape index (κ3) is 0.579. The smallest absolute Gasteiger partial charge is 0.273 e. The highest BCUT2D eigenvalue weighted by Gasteiger charge is 2.63. The van der Waals surface area contributed by atoms with Crippen LogP contribution in [0.4, 0.5) is 0 Å². The summed E-state index contributed by atoms with van der Waals surface area (Å²) in [5.41, 5.74) is 0.468. The standard InChI is InChI=1S/C7H7N3O3/c8-1-4-2-6-3(10-9-2)5(1)12-7(11-4)13-6/h2-8H/t2-,3-,4-,5-,6?,7?/m1/s1. The van der Waals surface area contributed by atoms with Crippen LogP contribution in [0.15, 0.2) is 10.2 Å². The molecular formula is C7H7N3O3. The van der Waals surface area contributed by atoms with Crippen molar-refractivity contribution < 1.29 is 14.2 Å². The molecule has 3 saturated heterocycles. The largest absolute Gasteiger partial charge is 0.322 e. The fourth-order valence-corrected chi connectivity index (χ4v) is 2.42. The Morgan fingerprint density at radius 1 is 1.00 bits per heavy atom. The van der Waals surface area contributed by atoms with Gasteiger partial charge in [-0.05, 0) is 0 Å². The maximum atomic E-state index is 7.79. The molecule has 0 spiro atoms. The van der Waals surface area contributed by atoms with E-state index in [-0.39, 0.29) is 30.4 Å². The van der Waals surface area contributed by atoms with Crippen LogP contribution >= 0.6 is 0 Å². The molecule has 68 valence electrons. The molecule has 6 heteroatoms. The van der Waals surface area contributed by atoms with E-state index in [9.17, 15) is 0 Å². The number of nitrogens with zero attached hydrogens (tertiary/aromatic N) is 2. The van der Waals surface area contributed by atoms with Crippen LogP contribution in [-0.2, 0) is 14.2 Å². The number of azo groups is 1. The van der Waals surface area contributed by atoms with Crippen molar-refractivity contribution in [2.75, 3.05) is 0 Å². The van der Waals surface area contributed by atoms with Crippen molar-refractivity contribution in [1.29, 1.82) is 5.41 Å².